The van der Waals surface area contributed by atoms with Crippen LogP contribution in [-0.2, 0) is 0 Å². The molecule has 0 bridgehead atoms. The molecule has 0 saturated heterocycles. The molecule has 3 rings (SSSR count). The summed E-state index contributed by atoms with van der Waals surface area (Å²) in [6.45, 7) is 0. The molecular weight excluding hydrogens is 267 g/mol. The first kappa shape index (κ1) is 11.8. The van der Waals surface area contributed by atoms with E-state index in [0.29, 0.717) is 11.0 Å². The van der Waals surface area contributed by atoms with E-state index in [2.05, 4.69) is 15.3 Å². The number of rotatable bonds is 2. The molecule has 2 heterocycles. The summed E-state index contributed by atoms with van der Waals surface area (Å²) >= 11 is 5.68. The third-order valence-electron chi connectivity index (χ3n) is 2.58. The Labute approximate surface area is 113 Å². The molecule has 0 aliphatic rings. The summed E-state index contributed by atoms with van der Waals surface area (Å²) < 4.78 is 14.4. The summed E-state index contributed by atoms with van der Waals surface area (Å²) in [4.78, 5) is 0. The van der Waals surface area contributed by atoms with E-state index in [4.69, 9.17) is 11.6 Å². The van der Waals surface area contributed by atoms with E-state index in [9.17, 15) is 4.39 Å². The van der Waals surface area contributed by atoms with E-state index in [1.54, 1.807) is 35.1 Å². The van der Waals surface area contributed by atoms with Crippen LogP contribution >= 0.6 is 11.6 Å². The van der Waals surface area contributed by atoms with E-state index in [0.717, 1.165) is 11.3 Å². The highest BCUT2D eigenvalue weighted by Crippen LogP contribution is 2.18. The topological polar surface area (TPSA) is 43.6 Å². The molecule has 4 nitrogen and oxygen atoms in total. The minimum absolute atomic E-state index is 0.272. The zero-order valence-electron chi connectivity index (χ0n) is 9.66. The normalized spacial score (nSPS) is 10.6. The number of hydrogen-bond donors (Lipinski definition) is 0. The smallest absolute Gasteiger partial charge is 0.175 e. The first-order chi connectivity index (χ1) is 9.22. The Bertz CT molecular complexity index is 631. The minimum Gasteiger partial charge on any atom is -0.220 e. The molecule has 0 unspecified atom stereocenters. The Morgan fingerprint density at radius 2 is 1.74 bits per heavy atom. The Balaban J connectivity index is 1.95. The van der Waals surface area contributed by atoms with Gasteiger partial charge in [0, 0.05) is 11.8 Å². The van der Waals surface area contributed by atoms with Crippen molar-refractivity contribution in [1.29, 1.82) is 0 Å². The first-order valence-electron chi connectivity index (χ1n) is 5.53. The fourth-order valence-corrected chi connectivity index (χ4v) is 1.76. The number of benzene rings is 1. The predicted molar refractivity (Wildman–Crippen MR) is 69.6 cm³/mol. The van der Waals surface area contributed by atoms with Crippen molar-refractivity contribution in [3.8, 4) is 17.1 Å². The molecule has 0 amide bonds. The fraction of sp³-hybridized carbons (Fsp3) is 0. The van der Waals surface area contributed by atoms with Crippen LogP contribution in [0.5, 0.6) is 0 Å². The van der Waals surface area contributed by atoms with Gasteiger partial charge >= 0.3 is 0 Å². The quantitative estimate of drug-likeness (QED) is 0.721. The second-order valence-corrected chi connectivity index (χ2v) is 4.25. The maximum absolute atomic E-state index is 12.9. The van der Waals surface area contributed by atoms with Crippen LogP contribution in [0.1, 0.15) is 0 Å². The molecule has 0 saturated carbocycles. The summed E-state index contributed by atoms with van der Waals surface area (Å²) in [5.41, 5.74) is 1.57. The Hall–Kier alpha value is -2.27. The molecule has 0 fully saturated rings. The lowest BCUT2D eigenvalue weighted by atomic mass is 10.1. The Morgan fingerprint density at radius 3 is 2.42 bits per heavy atom. The monoisotopic (exact) mass is 274 g/mol. The van der Waals surface area contributed by atoms with Crippen molar-refractivity contribution in [2.75, 3.05) is 0 Å². The molecule has 0 N–H and O–H groups in total. The molecule has 0 radical (unpaired) electrons. The van der Waals surface area contributed by atoms with Gasteiger partial charge in [0.25, 0.3) is 0 Å². The van der Waals surface area contributed by atoms with Gasteiger partial charge in [0.1, 0.15) is 5.82 Å². The van der Waals surface area contributed by atoms with Crippen molar-refractivity contribution >= 4 is 11.6 Å². The minimum atomic E-state index is -0.272. The first-order valence-corrected chi connectivity index (χ1v) is 5.91. The third-order valence-corrected chi connectivity index (χ3v) is 2.78. The van der Waals surface area contributed by atoms with E-state index in [1.165, 1.54) is 12.1 Å². The summed E-state index contributed by atoms with van der Waals surface area (Å²) in [6, 6.07) is 11.3. The van der Waals surface area contributed by atoms with Crippen LogP contribution in [-0.4, -0.2) is 20.0 Å². The van der Waals surface area contributed by atoms with Crippen molar-refractivity contribution < 1.29 is 4.39 Å². The van der Waals surface area contributed by atoms with Crippen LogP contribution in [0.15, 0.2) is 48.7 Å². The van der Waals surface area contributed by atoms with Crippen molar-refractivity contribution in [2.45, 2.75) is 0 Å². The highest BCUT2D eigenvalue weighted by Gasteiger charge is 2.05. The summed E-state index contributed by atoms with van der Waals surface area (Å²) in [7, 11) is 0. The van der Waals surface area contributed by atoms with Crippen LogP contribution in [0.2, 0.25) is 5.15 Å². The van der Waals surface area contributed by atoms with Gasteiger partial charge in [-0.15, -0.1) is 10.2 Å². The van der Waals surface area contributed by atoms with E-state index >= 15 is 0 Å². The lowest BCUT2D eigenvalue weighted by Gasteiger charge is -1.99. The fourth-order valence-electron chi connectivity index (χ4n) is 1.66. The maximum atomic E-state index is 12.9. The lowest BCUT2D eigenvalue weighted by Crippen LogP contribution is -1.99. The molecular formula is C13H8ClFN4. The second kappa shape index (κ2) is 4.78. The molecule has 0 spiro atoms. The van der Waals surface area contributed by atoms with Gasteiger partial charge in [0.05, 0.1) is 5.69 Å². The molecule has 2 aromatic heterocycles. The molecule has 6 heteroatoms. The predicted octanol–water partition coefficient (Wildman–Crippen LogP) is 3.12. The standard InChI is InChI=1S/C13H8ClFN4/c14-12-5-6-13(17-16-12)19-8-7-11(18-19)9-1-3-10(15)4-2-9/h1-8H. The van der Waals surface area contributed by atoms with Gasteiger partial charge in [0.15, 0.2) is 11.0 Å². The van der Waals surface area contributed by atoms with Gasteiger partial charge in [-0.05, 0) is 42.5 Å². The third kappa shape index (κ3) is 2.46. The van der Waals surface area contributed by atoms with Crippen molar-refractivity contribution in [2.24, 2.45) is 0 Å². The molecule has 0 aliphatic heterocycles. The summed E-state index contributed by atoms with van der Waals surface area (Å²) in [5, 5.41) is 12.4. The van der Waals surface area contributed by atoms with Crippen LogP contribution in [0, 0.1) is 5.82 Å². The van der Waals surface area contributed by atoms with Crippen LogP contribution in [0.3, 0.4) is 0 Å². The van der Waals surface area contributed by atoms with Crippen molar-refractivity contribution in [3.05, 3.63) is 59.6 Å². The number of halogens is 2. The highest BCUT2D eigenvalue weighted by molar-refractivity contribution is 6.29. The summed E-state index contributed by atoms with van der Waals surface area (Å²) in [5.74, 6) is 0.296. The number of nitrogens with zero attached hydrogens (tertiary/aromatic N) is 4. The molecule has 19 heavy (non-hydrogen) atoms. The van der Waals surface area contributed by atoms with Crippen molar-refractivity contribution in [3.63, 3.8) is 0 Å². The van der Waals surface area contributed by atoms with E-state index in [1.807, 2.05) is 6.07 Å². The van der Waals surface area contributed by atoms with Crippen LogP contribution in [0.25, 0.3) is 17.1 Å². The van der Waals surface area contributed by atoms with E-state index in [-0.39, 0.29) is 5.82 Å². The average molecular weight is 275 g/mol. The van der Waals surface area contributed by atoms with Gasteiger partial charge in [-0.2, -0.15) is 5.10 Å². The number of hydrogen-bond acceptors (Lipinski definition) is 3. The van der Waals surface area contributed by atoms with Gasteiger partial charge in [0.2, 0.25) is 0 Å². The highest BCUT2D eigenvalue weighted by atomic mass is 35.5. The SMILES string of the molecule is Fc1ccc(-c2ccn(-c3ccc(Cl)nn3)n2)cc1. The average Bonchev–Trinajstić information content (AvgIpc) is 2.90. The van der Waals surface area contributed by atoms with Gasteiger partial charge < -0.3 is 0 Å². The largest absolute Gasteiger partial charge is 0.220 e. The van der Waals surface area contributed by atoms with Gasteiger partial charge in [-0.25, -0.2) is 9.07 Å². The molecule has 0 aliphatic carbocycles. The zero-order chi connectivity index (χ0) is 13.2. The molecule has 1 aromatic carbocycles. The molecule has 3 aromatic rings. The van der Waals surface area contributed by atoms with Crippen LogP contribution < -0.4 is 0 Å². The second-order valence-electron chi connectivity index (χ2n) is 3.87. The summed E-state index contributed by atoms with van der Waals surface area (Å²) in [6.07, 6.45) is 1.76. The zero-order valence-corrected chi connectivity index (χ0v) is 10.4. The molecule has 0 atom stereocenters. The van der Waals surface area contributed by atoms with Crippen molar-refractivity contribution in [1.82, 2.24) is 20.0 Å². The maximum Gasteiger partial charge on any atom is 0.175 e. The van der Waals surface area contributed by atoms with E-state index < -0.39 is 0 Å². The van der Waals surface area contributed by atoms with Gasteiger partial charge in [-0.3, -0.25) is 0 Å². The lowest BCUT2D eigenvalue weighted by molar-refractivity contribution is 0.628. The molecule has 94 valence electrons. The number of aromatic nitrogens is 4. The Kier molecular flexibility index (Phi) is 2.97. The van der Waals surface area contributed by atoms with Gasteiger partial charge in [-0.1, -0.05) is 11.6 Å². The Morgan fingerprint density at radius 1 is 0.947 bits per heavy atom. The van der Waals surface area contributed by atoms with Crippen LogP contribution in [0.4, 0.5) is 4.39 Å².